The highest BCUT2D eigenvalue weighted by Gasteiger charge is 2.15. The fourth-order valence-corrected chi connectivity index (χ4v) is 2.89. The molecule has 4 heteroatoms. The predicted octanol–water partition coefficient (Wildman–Crippen LogP) is 3.99. The first-order valence-corrected chi connectivity index (χ1v) is 6.54. The Morgan fingerprint density at radius 3 is 2.59 bits per heavy atom. The number of hydrogen-bond acceptors (Lipinski definition) is 2. The molecule has 0 spiro atoms. The van der Waals surface area contributed by atoms with Crippen LogP contribution in [0.3, 0.4) is 0 Å². The van der Waals surface area contributed by atoms with E-state index in [4.69, 9.17) is 5.73 Å². The molecule has 0 radical (unpaired) electrons. The van der Waals surface area contributed by atoms with E-state index < -0.39 is 0 Å². The van der Waals surface area contributed by atoms with Crippen molar-refractivity contribution in [3.8, 4) is 0 Å². The standard InChI is InChI=1S/C13H14FIN2/c1-6(2)11-7(3)17-13-9(12(11)16)4-8(14)5-10(13)15/h4-6H,1-3H3,(H2,16,17). The van der Waals surface area contributed by atoms with E-state index in [1.807, 2.05) is 6.92 Å². The van der Waals surface area contributed by atoms with Crippen LogP contribution in [0.25, 0.3) is 10.9 Å². The van der Waals surface area contributed by atoms with E-state index in [1.165, 1.54) is 12.1 Å². The van der Waals surface area contributed by atoms with Crippen molar-refractivity contribution in [2.75, 3.05) is 5.73 Å². The second-order valence-corrected chi connectivity index (χ2v) is 5.63. The smallest absolute Gasteiger partial charge is 0.125 e. The first-order valence-electron chi connectivity index (χ1n) is 5.46. The third-order valence-corrected chi connectivity index (χ3v) is 3.68. The molecular weight excluding hydrogens is 330 g/mol. The summed E-state index contributed by atoms with van der Waals surface area (Å²) in [6.45, 7) is 6.08. The fourth-order valence-electron chi connectivity index (χ4n) is 2.18. The van der Waals surface area contributed by atoms with E-state index >= 15 is 0 Å². The molecule has 2 N–H and O–H groups in total. The van der Waals surface area contributed by atoms with E-state index in [0.717, 1.165) is 20.3 Å². The summed E-state index contributed by atoms with van der Waals surface area (Å²) in [5.41, 5.74) is 9.52. The number of hydrogen-bond donors (Lipinski definition) is 1. The number of benzene rings is 1. The third kappa shape index (κ3) is 2.10. The Labute approximate surface area is 114 Å². The van der Waals surface area contributed by atoms with Crippen molar-refractivity contribution in [2.24, 2.45) is 0 Å². The topological polar surface area (TPSA) is 38.9 Å². The molecule has 0 fully saturated rings. The third-order valence-electron chi connectivity index (χ3n) is 2.86. The Morgan fingerprint density at radius 2 is 2.00 bits per heavy atom. The van der Waals surface area contributed by atoms with Gasteiger partial charge in [0.15, 0.2) is 0 Å². The number of rotatable bonds is 1. The second kappa shape index (κ2) is 4.40. The normalized spacial score (nSPS) is 11.4. The minimum Gasteiger partial charge on any atom is -0.398 e. The van der Waals surface area contributed by atoms with Gasteiger partial charge in [0.1, 0.15) is 5.82 Å². The van der Waals surface area contributed by atoms with E-state index in [1.54, 1.807) is 0 Å². The molecule has 2 aromatic rings. The average Bonchev–Trinajstić information content (AvgIpc) is 2.19. The van der Waals surface area contributed by atoms with Gasteiger partial charge in [-0.15, -0.1) is 0 Å². The molecular formula is C13H14FIN2. The monoisotopic (exact) mass is 344 g/mol. The quantitative estimate of drug-likeness (QED) is 0.795. The SMILES string of the molecule is Cc1nc2c(I)cc(F)cc2c(N)c1C(C)C. The lowest BCUT2D eigenvalue weighted by molar-refractivity contribution is 0.628. The molecule has 0 amide bonds. The highest BCUT2D eigenvalue weighted by atomic mass is 127. The van der Waals surface area contributed by atoms with Crippen LogP contribution in [0.5, 0.6) is 0 Å². The summed E-state index contributed by atoms with van der Waals surface area (Å²) in [6.07, 6.45) is 0. The summed E-state index contributed by atoms with van der Waals surface area (Å²) in [5.74, 6) is 0.0155. The Morgan fingerprint density at radius 1 is 1.35 bits per heavy atom. The van der Waals surface area contributed by atoms with Crippen molar-refractivity contribution in [3.63, 3.8) is 0 Å². The molecule has 1 aromatic heterocycles. The molecule has 0 unspecified atom stereocenters. The molecule has 0 saturated carbocycles. The molecule has 2 nitrogen and oxygen atoms in total. The summed E-state index contributed by atoms with van der Waals surface area (Å²) in [6, 6.07) is 2.94. The van der Waals surface area contributed by atoms with Crippen LogP contribution < -0.4 is 5.73 Å². The maximum absolute atomic E-state index is 13.4. The van der Waals surface area contributed by atoms with Gasteiger partial charge in [0.2, 0.25) is 0 Å². The second-order valence-electron chi connectivity index (χ2n) is 4.46. The number of aryl methyl sites for hydroxylation is 1. The molecule has 0 aliphatic rings. The summed E-state index contributed by atoms with van der Waals surface area (Å²) >= 11 is 2.09. The summed E-state index contributed by atoms with van der Waals surface area (Å²) in [4.78, 5) is 4.54. The van der Waals surface area contributed by atoms with Crippen LogP contribution in [0, 0.1) is 16.3 Å². The first kappa shape index (κ1) is 12.5. The van der Waals surface area contributed by atoms with Gasteiger partial charge in [0, 0.05) is 20.3 Å². The highest BCUT2D eigenvalue weighted by Crippen LogP contribution is 2.33. The Hall–Kier alpha value is -0.910. The van der Waals surface area contributed by atoms with Gasteiger partial charge in [-0.1, -0.05) is 13.8 Å². The van der Waals surface area contributed by atoms with E-state index in [2.05, 4.69) is 41.4 Å². The minimum atomic E-state index is -0.269. The Kier molecular flexibility index (Phi) is 3.25. The van der Waals surface area contributed by atoms with Crippen LogP contribution in [-0.2, 0) is 0 Å². The molecule has 17 heavy (non-hydrogen) atoms. The number of pyridine rings is 1. The van der Waals surface area contributed by atoms with Gasteiger partial charge in [-0.3, -0.25) is 4.98 Å². The molecule has 90 valence electrons. The molecule has 0 atom stereocenters. The number of aromatic nitrogens is 1. The number of nitrogen functional groups attached to an aromatic ring is 1. The molecule has 0 aliphatic carbocycles. The molecule has 1 heterocycles. The number of halogens is 2. The zero-order valence-electron chi connectivity index (χ0n) is 10.0. The lowest BCUT2D eigenvalue weighted by Crippen LogP contribution is -2.04. The number of nitrogens with zero attached hydrogens (tertiary/aromatic N) is 1. The van der Waals surface area contributed by atoms with Crippen LogP contribution in [0.4, 0.5) is 10.1 Å². The lowest BCUT2D eigenvalue weighted by atomic mass is 9.97. The van der Waals surface area contributed by atoms with Gasteiger partial charge in [-0.05, 0) is 53.1 Å². The average molecular weight is 344 g/mol. The lowest BCUT2D eigenvalue weighted by Gasteiger charge is -2.15. The van der Waals surface area contributed by atoms with Crippen molar-refractivity contribution in [3.05, 3.63) is 32.8 Å². The van der Waals surface area contributed by atoms with Gasteiger partial charge in [-0.25, -0.2) is 4.39 Å². The first-order chi connectivity index (χ1) is 7.91. The predicted molar refractivity (Wildman–Crippen MR) is 77.7 cm³/mol. The summed E-state index contributed by atoms with van der Waals surface area (Å²) in [7, 11) is 0. The molecule has 2 rings (SSSR count). The Bertz CT molecular complexity index is 594. The van der Waals surface area contributed by atoms with Crippen LogP contribution >= 0.6 is 22.6 Å². The van der Waals surface area contributed by atoms with Crippen LogP contribution in [0.15, 0.2) is 12.1 Å². The van der Waals surface area contributed by atoms with Crippen molar-refractivity contribution < 1.29 is 4.39 Å². The minimum absolute atomic E-state index is 0.269. The molecule has 0 saturated heterocycles. The fraction of sp³-hybridized carbons (Fsp3) is 0.308. The van der Waals surface area contributed by atoms with Gasteiger partial charge in [0.25, 0.3) is 0 Å². The van der Waals surface area contributed by atoms with Gasteiger partial charge in [0.05, 0.1) is 5.52 Å². The number of nitrogens with two attached hydrogens (primary N) is 1. The van der Waals surface area contributed by atoms with Crippen LogP contribution in [0.1, 0.15) is 31.0 Å². The zero-order valence-corrected chi connectivity index (χ0v) is 12.2. The number of anilines is 1. The summed E-state index contributed by atoms with van der Waals surface area (Å²) < 4.78 is 14.2. The molecule has 0 bridgehead atoms. The maximum atomic E-state index is 13.4. The van der Waals surface area contributed by atoms with E-state index in [9.17, 15) is 4.39 Å². The Balaban J connectivity index is 2.92. The number of fused-ring (bicyclic) bond motifs is 1. The summed E-state index contributed by atoms with van der Waals surface area (Å²) in [5, 5.41) is 0.712. The van der Waals surface area contributed by atoms with E-state index in [-0.39, 0.29) is 11.7 Å². The van der Waals surface area contributed by atoms with Crippen LogP contribution in [0.2, 0.25) is 0 Å². The van der Waals surface area contributed by atoms with Crippen LogP contribution in [-0.4, -0.2) is 4.98 Å². The largest absolute Gasteiger partial charge is 0.398 e. The van der Waals surface area contributed by atoms with Gasteiger partial charge < -0.3 is 5.73 Å². The molecule has 1 aromatic carbocycles. The van der Waals surface area contributed by atoms with Crippen molar-refractivity contribution >= 4 is 39.2 Å². The van der Waals surface area contributed by atoms with Gasteiger partial charge >= 0.3 is 0 Å². The van der Waals surface area contributed by atoms with E-state index in [0.29, 0.717) is 11.1 Å². The van der Waals surface area contributed by atoms with Crippen molar-refractivity contribution in [1.82, 2.24) is 4.98 Å². The van der Waals surface area contributed by atoms with Crippen molar-refractivity contribution in [2.45, 2.75) is 26.7 Å². The van der Waals surface area contributed by atoms with Crippen molar-refractivity contribution in [1.29, 1.82) is 0 Å². The maximum Gasteiger partial charge on any atom is 0.125 e. The highest BCUT2D eigenvalue weighted by molar-refractivity contribution is 14.1. The molecule has 0 aliphatic heterocycles. The van der Waals surface area contributed by atoms with Gasteiger partial charge in [-0.2, -0.15) is 0 Å². The zero-order chi connectivity index (χ0) is 12.7.